The van der Waals surface area contributed by atoms with Crippen molar-refractivity contribution in [2.75, 3.05) is 6.61 Å². The Morgan fingerprint density at radius 2 is 1.90 bits per heavy atom. The maximum Gasteiger partial charge on any atom is 0.334 e. The SMILES string of the molecule is CCC(=O)NNC(=O)NC(C)c1ncc(-c2cc(Cl)cc(Cl)c2OCC(F)F)cc1F. The van der Waals surface area contributed by atoms with E-state index in [0.717, 1.165) is 6.07 Å². The van der Waals surface area contributed by atoms with Crippen molar-refractivity contribution < 1.29 is 27.5 Å². The minimum absolute atomic E-state index is 0.0199. The van der Waals surface area contributed by atoms with Gasteiger partial charge in [0.15, 0.2) is 0 Å². The van der Waals surface area contributed by atoms with E-state index in [0.29, 0.717) is 0 Å². The fourth-order valence-electron chi connectivity index (χ4n) is 2.50. The maximum atomic E-state index is 14.7. The van der Waals surface area contributed by atoms with E-state index in [1.807, 2.05) is 0 Å². The number of hydrazine groups is 1. The van der Waals surface area contributed by atoms with Crippen LogP contribution in [-0.2, 0) is 4.79 Å². The van der Waals surface area contributed by atoms with Gasteiger partial charge in [-0.25, -0.2) is 23.4 Å². The van der Waals surface area contributed by atoms with Crippen molar-refractivity contribution in [3.05, 3.63) is 46.0 Å². The second-order valence-corrected chi connectivity index (χ2v) is 7.12. The average molecular weight is 479 g/mol. The summed E-state index contributed by atoms with van der Waals surface area (Å²) >= 11 is 12.0. The lowest BCUT2D eigenvalue weighted by atomic mass is 10.0. The predicted octanol–water partition coefficient (Wildman–Crippen LogP) is 4.64. The van der Waals surface area contributed by atoms with Gasteiger partial charge in [0.2, 0.25) is 5.91 Å². The Morgan fingerprint density at radius 1 is 1.19 bits per heavy atom. The lowest BCUT2D eigenvalue weighted by Crippen LogP contribution is -2.47. The van der Waals surface area contributed by atoms with Crippen LogP contribution in [0.1, 0.15) is 32.0 Å². The first-order valence-electron chi connectivity index (χ1n) is 9.03. The van der Waals surface area contributed by atoms with Crippen LogP contribution in [-0.4, -0.2) is 30.0 Å². The summed E-state index contributed by atoms with van der Waals surface area (Å²) in [6.07, 6.45) is -1.30. The maximum absolute atomic E-state index is 14.7. The third kappa shape index (κ3) is 6.90. The van der Waals surface area contributed by atoms with E-state index in [4.69, 9.17) is 27.9 Å². The summed E-state index contributed by atoms with van der Waals surface area (Å²) in [6, 6.07) is 2.17. The zero-order valence-corrected chi connectivity index (χ0v) is 18.0. The van der Waals surface area contributed by atoms with Crippen LogP contribution >= 0.6 is 23.2 Å². The third-order valence-electron chi connectivity index (χ3n) is 3.94. The summed E-state index contributed by atoms with van der Waals surface area (Å²) in [7, 11) is 0. The summed E-state index contributed by atoms with van der Waals surface area (Å²) in [5.41, 5.74) is 4.56. The predicted molar refractivity (Wildman–Crippen MR) is 110 cm³/mol. The van der Waals surface area contributed by atoms with E-state index in [-0.39, 0.29) is 39.0 Å². The summed E-state index contributed by atoms with van der Waals surface area (Å²) in [5, 5.41) is 2.59. The Morgan fingerprint density at radius 3 is 2.52 bits per heavy atom. The molecule has 12 heteroatoms. The van der Waals surface area contributed by atoms with Gasteiger partial charge in [-0.15, -0.1) is 0 Å². The van der Waals surface area contributed by atoms with E-state index >= 15 is 0 Å². The summed E-state index contributed by atoms with van der Waals surface area (Å²) < 4.78 is 44.9. The van der Waals surface area contributed by atoms with Crippen molar-refractivity contribution in [1.29, 1.82) is 0 Å². The Balaban J connectivity index is 2.24. The molecule has 7 nitrogen and oxygen atoms in total. The Kier molecular flexibility index (Phi) is 8.76. The van der Waals surface area contributed by atoms with Crippen LogP contribution in [0.2, 0.25) is 10.0 Å². The van der Waals surface area contributed by atoms with Gasteiger partial charge in [-0.05, 0) is 25.1 Å². The molecule has 2 aromatic rings. The van der Waals surface area contributed by atoms with Crippen LogP contribution in [0.4, 0.5) is 18.0 Å². The number of halogens is 5. The van der Waals surface area contributed by atoms with Crippen LogP contribution in [0.15, 0.2) is 24.4 Å². The van der Waals surface area contributed by atoms with Crippen LogP contribution < -0.4 is 20.9 Å². The molecule has 0 spiro atoms. The number of alkyl halides is 2. The second-order valence-electron chi connectivity index (χ2n) is 6.28. The standard InChI is InChI=1S/C19H19Cl2F3N4O3/c1-3-16(29)27-28-19(30)26-9(2)17-14(22)4-10(7-25-17)12-5-11(20)6-13(21)18(12)31-8-15(23)24/h4-7,9,15H,3,8H2,1-2H3,(H,27,29)(H2,26,28,30). The average Bonchev–Trinajstić information content (AvgIpc) is 2.70. The quantitative estimate of drug-likeness (QED) is 0.505. The zero-order valence-electron chi connectivity index (χ0n) is 16.4. The highest BCUT2D eigenvalue weighted by Crippen LogP contribution is 2.39. The molecule has 2 rings (SSSR count). The number of ether oxygens (including phenoxy) is 1. The van der Waals surface area contributed by atoms with E-state index in [1.54, 1.807) is 6.92 Å². The molecule has 168 valence electrons. The number of pyridine rings is 1. The molecule has 31 heavy (non-hydrogen) atoms. The molecule has 1 aromatic heterocycles. The number of urea groups is 1. The minimum atomic E-state index is -2.74. The molecule has 0 fully saturated rings. The topological polar surface area (TPSA) is 92.4 Å². The molecule has 0 bridgehead atoms. The Bertz CT molecular complexity index is 963. The third-order valence-corrected chi connectivity index (χ3v) is 4.44. The largest absolute Gasteiger partial charge is 0.485 e. The van der Waals surface area contributed by atoms with Crippen LogP contribution in [0, 0.1) is 5.82 Å². The highest BCUT2D eigenvalue weighted by atomic mass is 35.5. The number of aromatic nitrogens is 1. The minimum Gasteiger partial charge on any atom is -0.485 e. The van der Waals surface area contributed by atoms with Gasteiger partial charge in [0.05, 0.1) is 16.8 Å². The lowest BCUT2D eigenvalue weighted by Gasteiger charge is -2.17. The van der Waals surface area contributed by atoms with E-state index in [9.17, 15) is 22.8 Å². The van der Waals surface area contributed by atoms with Gasteiger partial charge in [0, 0.05) is 28.8 Å². The number of carbonyl (C=O) groups is 2. The monoisotopic (exact) mass is 478 g/mol. The van der Waals surface area contributed by atoms with E-state index < -0.39 is 36.8 Å². The molecule has 1 aromatic carbocycles. The summed E-state index contributed by atoms with van der Waals surface area (Å²) in [4.78, 5) is 27.0. The molecule has 3 amide bonds. The van der Waals surface area contributed by atoms with Crippen LogP contribution in [0.25, 0.3) is 11.1 Å². The zero-order chi connectivity index (χ0) is 23.1. The second kappa shape index (κ2) is 11.1. The molecule has 0 saturated carbocycles. The van der Waals surface area contributed by atoms with Gasteiger partial charge in [0.1, 0.15) is 18.2 Å². The molecule has 0 aliphatic rings. The molecular weight excluding hydrogens is 460 g/mol. The molecule has 1 unspecified atom stereocenters. The highest BCUT2D eigenvalue weighted by molar-refractivity contribution is 6.36. The van der Waals surface area contributed by atoms with Gasteiger partial charge in [-0.1, -0.05) is 30.1 Å². The molecule has 0 aliphatic heterocycles. The number of benzene rings is 1. The van der Waals surface area contributed by atoms with Crippen molar-refractivity contribution in [2.45, 2.75) is 32.7 Å². The number of amides is 3. The molecule has 1 heterocycles. The summed E-state index contributed by atoms with van der Waals surface area (Å²) in [5.74, 6) is -1.27. The van der Waals surface area contributed by atoms with Crippen molar-refractivity contribution in [2.24, 2.45) is 0 Å². The van der Waals surface area contributed by atoms with Crippen molar-refractivity contribution in [3.8, 4) is 16.9 Å². The first-order chi connectivity index (χ1) is 14.6. The summed E-state index contributed by atoms with van der Waals surface area (Å²) in [6.45, 7) is 2.18. The molecule has 0 saturated heterocycles. The first-order valence-corrected chi connectivity index (χ1v) is 9.79. The fourth-order valence-corrected chi connectivity index (χ4v) is 3.05. The highest BCUT2D eigenvalue weighted by Gasteiger charge is 2.20. The van der Waals surface area contributed by atoms with E-state index in [1.165, 1.54) is 25.3 Å². The lowest BCUT2D eigenvalue weighted by molar-refractivity contribution is -0.121. The van der Waals surface area contributed by atoms with Gasteiger partial charge < -0.3 is 10.1 Å². The molecule has 0 radical (unpaired) electrons. The smallest absolute Gasteiger partial charge is 0.334 e. The van der Waals surface area contributed by atoms with Gasteiger partial charge in [-0.3, -0.25) is 15.2 Å². The first kappa shape index (κ1) is 24.5. The molecule has 1 atom stereocenters. The number of hydrogen-bond acceptors (Lipinski definition) is 4. The normalized spacial score (nSPS) is 11.7. The fraction of sp³-hybridized carbons (Fsp3) is 0.316. The van der Waals surface area contributed by atoms with Crippen LogP contribution in [0.3, 0.4) is 0 Å². The van der Waals surface area contributed by atoms with E-state index in [2.05, 4.69) is 21.2 Å². The van der Waals surface area contributed by atoms with Crippen molar-refractivity contribution in [3.63, 3.8) is 0 Å². The van der Waals surface area contributed by atoms with Gasteiger partial charge in [0.25, 0.3) is 6.43 Å². The Hall–Kier alpha value is -2.72. The number of hydrogen-bond donors (Lipinski definition) is 3. The van der Waals surface area contributed by atoms with Crippen molar-refractivity contribution >= 4 is 35.1 Å². The van der Waals surface area contributed by atoms with Crippen molar-refractivity contribution in [1.82, 2.24) is 21.2 Å². The number of nitrogens with zero attached hydrogens (tertiary/aromatic N) is 1. The Labute approximate surface area is 186 Å². The van der Waals surface area contributed by atoms with Gasteiger partial charge in [-0.2, -0.15) is 0 Å². The number of nitrogens with one attached hydrogen (secondary N) is 3. The van der Waals surface area contributed by atoms with Crippen LogP contribution in [0.5, 0.6) is 5.75 Å². The number of rotatable bonds is 7. The van der Waals surface area contributed by atoms with Gasteiger partial charge >= 0.3 is 6.03 Å². The molecular formula is C19H19Cl2F3N4O3. The molecule has 0 aliphatic carbocycles. The molecule has 3 N–H and O–H groups in total. The number of carbonyl (C=O) groups excluding carboxylic acids is 2.